The molecule has 3 heterocycles. The Morgan fingerprint density at radius 2 is 1.70 bits per heavy atom. The van der Waals surface area contributed by atoms with Crippen molar-refractivity contribution in [3.8, 4) is 5.69 Å². The van der Waals surface area contributed by atoms with Crippen LogP contribution in [0.2, 0.25) is 5.02 Å². The Morgan fingerprint density at radius 3 is 2.43 bits per heavy atom. The van der Waals surface area contributed by atoms with Crippen LogP contribution in [0.15, 0.2) is 48.7 Å². The molecule has 0 fully saturated rings. The quantitative estimate of drug-likeness (QED) is 0.440. The first-order valence-corrected chi connectivity index (χ1v) is 9.85. The molecule has 1 aliphatic rings. The number of fused-ring (bicyclic) bond motifs is 3. The van der Waals surface area contributed by atoms with E-state index in [0.29, 0.717) is 33.0 Å². The summed E-state index contributed by atoms with van der Waals surface area (Å²) in [5.74, 6) is -0.808. The Hall–Kier alpha value is -3.51. The third-order valence-corrected chi connectivity index (χ3v) is 5.76. The van der Waals surface area contributed by atoms with E-state index in [1.165, 1.54) is 11.8 Å². The summed E-state index contributed by atoms with van der Waals surface area (Å²) in [5, 5.41) is 5.67. The number of rotatable bonds is 2. The van der Waals surface area contributed by atoms with Gasteiger partial charge < -0.3 is 0 Å². The summed E-state index contributed by atoms with van der Waals surface area (Å²) < 4.78 is 1.72. The molecule has 0 aliphatic carbocycles. The standard InChI is InChI=1S/C23H17ClN4O2/c1-12-7-8-17(9-13(12)2)28-21-19(14(3)26-28)20-18(11-25-21)22(29)27(23(20)30)16-6-4-5-15(24)10-16/h4-11H,1-3H3. The Labute approximate surface area is 177 Å². The minimum atomic E-state index is -0.412. The first-order valence-electron chi connectivity index (χ1n) is 9.47. The maximum atomic E-state index is 13.3. The molecule has 2 aromatic carbocycles. The lowest BCUT2D eigenvalue weighted by molar-refractivity contribution is 0.0926. The van der Waals surface area contributed by atoms with Crippen LogP contribution in [0, 0.1) is 20.8 Å². The van der Waals surface area contributed by atoms with E-state index >= 15 is 0 Å². The predicted molar refractivity (Wildman–Crippen MR) is 116 cm³/mol. The molecule has 2 aromatic heterocycles. The van der Waals surface area contributed by atoms with Gasteiger partial charge in [0, 0.05) is 11.2 Å². The number of amides is 2. The van der Waals surface area contributed by atoms with Gasteiger partial charge in [-0.1, -0.05) is 23.7 Å². The number of benzene rings is 2. The molecule has 148 valence electrons. The number of aromatic nitrogens is 3. The lowest BCUT2D eigenvalue weighted by atomic mass is 10.1. The maximum Gasteiger partial charge on any atom is 0.267 e. The van der Waals surface area contributed by atoms with Crippen molar-refractivity contribution in [3.05, 3.63) is 81.6 Å². The van der Waals surface area contributed by atoms with E-state index in [2.05, 4.69) is 10.1 Å². The van der Waals surface area contributed by atoms with Gasteiger partial charge in [0.25, 0.3) is 11.8 Å². The van der Waals surface area contributed by atoms with Crippen molar-refractivity contribution in [3.63, 3.8) is 0 Å². The molecule has 30 heavy (non-hydrogen) atoms. The van der Waals surface area contributed by atoms with Gasteiger partial charge in [0.15, 0.2) is 5.65 Å². The number of imide groups is 1. The minimum absolute atomic E-state index is 0.273. The van der Waals surface area contributed by atoms with Gasteiger partial charge in [0.05, 0.1) is 33.6 Å². The molecule has 5 rings (SSSR count). The maximum absolute atomic E-state index is 13.3. The molecule has 0 atom stereocenters. The summed E-state index contributed by atoms with van der Waals surface area (Å²) in [6.07, 6.45) is 1.46. The highest BCUT2D eigenvalue weighted by Gasteiger charge is 2.40. The fraction of sp³-hybridized carbons (Fsp3) is 0.130. The zero-order valence-electron chi connectivity index (χ0n) is 16.6. The Morgan fingerprint density at radius 1 is 0.900 bits per heavy atom. The number of anilines is 1. The molecule has 0 N–H and O–H groups in total. The van der Waals surface area contributed by atoms with Crippen LogP contribution in [0.25, 0.3) is 16.7 Å². The van der Waals surface area contributed by atoms with E-state index in [-0.39, 0.29) is 5.56 Å². The summed E-state index contributed by atoms with van der Waals surface area (Å²) in [5.41, 5.74) is 5.39. The van der Waals surface area contributed by atoms with Crippen LogP contribution in [0.3, 0.4) is 0 Å². The fourth-order valence-electron chi connectivity index (χ4n) is 3.85. The highest BCUT2D eigenvalue weighted by atomic mass is 35.5. The van der Waals surface area contributed by atoms with Crippen LogP contribution in [0.1, 0.15) is 37.5 Å². The summed E-state index contributed by atoms with van der Waals surface area (Å²) in [6, 6.07) is 12.7. The Balaban J connectivity index is 1.72. The number of carbonyl (C=O) groups is 2. The highest BCUT2D eigenvalue weighted by molar-refractivity contribution is 6.38. The molecule has 6 nitrogen and oxygen atoms in total. The third-order valence-electron chi connectivity index (χ3n) is 5.52. The summed E-state index contributed by atoms with van der Waals surface area (Å²) in [6.45, 7) is 5.90. The number of hydrogen-bond donors (Lipinski definition) is 0. The number of carbonyl (C=O) groups excluding carboxylic acids is 2. The Bertz CT molecular complexity index is 1390. The first-order chi connectivity index (χ1) is 14.4. The lowest BCUT2D eigenvalue weighted by Gasteiger charge is -2.13. The van der Waals surface area contributed by atoms with Gasteiger partial charge >= 0.3 is 0 Å². The van der Waals surface area contributed by atoms with Gasteiger partial charge in [-0.2, -0.15) is 5.10 Å². The van der Waals surface area contributed by atoms with E-state index < -0.39 is 11.8 Å². The van der Waals surface area contributed by atoms with E-state index in [1.54, 1.807) is 28.9 Å². The van der Waals surface area contributed by atoms with Crippen molar-refractivity contribution in [1.82, 2.24) is 14.8 Å². The fourth-order valence-corrected chi connectivity index (χ4v) is 4.03. The molecule has 0 unspecified atom stereocenters. The summed E-state index contributed by atoms with van der Waals surface area (Å²) in [7, 11) is 0. The van der Waals surface area contributed by atoms with Gasteiger partial charge in [0.1, 0.15) is 0 Å². The Kier molecular flexibility index (Phi) is 4.01. The second kappa shape index (κ2) is 6.50. The van der Waals surface area contributed by atoms with Crippen molar-refractivity contribution in [2.45, 2.75) is 20.8 Å². The van der Waals surface area contributed by atoms with Gasteiger partial charge in [-0.25, -0.2) is 14.6 Å². The lowest BCUT2D eigenvalue weighted by Crippen LogP contribution is -2.29. The number of halogens is 1. The highest BCUT2D eigenvalue weighted by Crippen LogP contribution is 2.35. The van der Waals surface area contributed by atoms with Crippen LogP contribution >= 0.6 is 11.6 Å². The molecule has 0 radical (unpaired) electrons. The number of pyridine rings is 1. The van der Waals surface area contributed by atoms with Crippen LogP contribution in [0.4, 0.5) is 5.69 Å². The zero-order chi connectivity index (χ0) is 21.2. The van der Waals surface area contributed by atoms with Gasteiger partial charge in [0.2, 0.25) is 0 Å². The van der Waals surface area contributed by atoms with Crippen molar-refractivity contribution >= 4 is 40.1 Å². The smallest absolute Gasteiger partial charge is 0.267 e. The average molecular weight is 417 g/mol. The number of nitrogens with zero attached hydrogens (tertiary/aromatic N) is 4. The molecule has 2 amide bonds. The van der Waals surface area contributed by atoms with E-state index in [0.717, 1.165) is 16.2 Å². The molecule has 1 aliphatic heterocycles. The van der Waals surface area contributed by atoms with Crippen molar-refractivity contribution in [2.75, 3.05) is 4.90 Å². The molecule has 7 heteroatoms. The molecule has 4 aromatic rings. The van der Waals surface area contributed by atoms with E-state index in [1.807, 2.05) is 39.0 Å². The van der Waals surface area contributed by atoms with Crippen molar-refractivity contribution in [1.29, 1.82) is 0 Å². The zero-order valence-corrected chi connectivity index (χ0v) is 17.4. The van der Waals surface area contributed by atoms with E-state index in [4.69, 9.17) is 11.6 Å². The van der Waals surface area contributed by atoms with Crippen molar-refractivity contribution < 1.29 is 9.59 Å². The SMILES string of the molecule is Cc1ccc(-n2nc(C)c3c4c(cnc32)C(=O)N(c2cccc(Cl)c2)C4=O)cc1C. The van der Waals surface area contributed by atoms with Crippen LogP contribution < -0.4 is 4.90 Å². The average Bonchev–Trinajstić information content (AvgIpc) is 3.18. The number of aryl methyl sites for hydroxylation is 3. The van der Waals surface area contributed by atoms with Crippen LogP contribution in [-0.4, -0.2) is 26.6 Å². The molecular formula is C23H17ClN4O2. The van der Waals surface area contributed by atoms with Crippen LogP contribution in [-0.2, 0) is 0 Å². The van der Waals surface area contributed by atoms with Gasteiger partial charge in [-0.3, -0.25) is 9.59 Å². The second-order valence-electron chi connectivity index (χ2n) is 7.44. The molecular weight excluding hydrogens is 400 g/mol. The van der Waals surface area contributed by atoms with Crippen molar-refractivity contribution in [2.24, 2.45) is 0 Å². The molecule has 0 saturated carbocycles. The second-order valence-corrected chi connectivity index (χ2v) is 7.87. The number of hydrogen-bond acceptors (Lipinski definition) is 4. The predicted octanol–water partition coefficient (Wildman–Crippen LogP) is 4.80. The largest absolute Gasteiger partial charge is 0.268 e. The van der Waals surface area contributed by atoms with E-state index in [9.17, 15) is 9.59 Å². The topological polar surface area (TPSA) is 68.1 Å². The normalized spacial score (nSPS) is 13.4. The van der Waals surface area contributed by atoms with Gasteiger partial charge in [-0.15, -0.1) is 0 Å². The minimum Gasteiger partial charge on any atom is -0.268 e. The summed E-state index contributed by atoms with van der Waals surface area (Å²) in [4.78, 5) is 32.0. The molecule has 0 saturated heterocycles. The molecule has 0 spiro atoms. The summed E-state index contributed by atoms with van der Waals surface area (Å²) >= 11 is 6.07. The molecule has 0 bridgehead atoms. The van der Waals surface area contributed by atoms with Gasteiger partial charge in [-0.05, 0) is 62.2 Å². The van der Waals surface area contributed by atoms with Crippen LogP contribution in [0.5, 0.6) is 0 Å². The third kappa shape index (κ3) is 2.57. The monoisotopic (exact) mass is 416 g/mol. The first kappa shape index (κ1) is 18.5.